The fraction of sp³-hybridized carbons (Fsp3) is 0.889. The molecule has 0 radical (unpaired) electrons. The van der Waals surface area contributed by atoms with Gasteiger partial charge in [-0.1, -0.05) is 0 Å². The summed E-state index contributed by atoms with van der Waals surface area (Å²) < 4.78 is 13.8. The van der Waals surface area contributed by atoms with E-state index in [9.17, 15) is 9.18 Å². The normalized spacial score (nSPS) is 28.0. The van der Waals surface area contributed by atoms with Gasteiger partial charge in [0.15, 0.2) is 0 Å². The van der Waals surface area contributed by atoms with Crippen LogP contribution in [0.2, 0.25) is 0 Å². The molecule has 0 aliphatic carbocycles. The highest BCUT2D eigenvalue weighted by Crippen LogP contribution is 2.35. The van der Waals surface area contributed by atoms with E-state index in [2.05, 4.69) is 0 Å². The SMILES string of the molecule is CC(F)(CC(=O)O)C1CCCSC1. The third-order valence-corrected chi connectivity index (χ3v) is 3.72. The number of hydrogen-bond donors (Lipinski definition) is 1. The van der Waals surface area contributed by atoms with Crippen LogP contribution in [-0.2, 0) is 4.79 Å². The van der Waals surface area contributed by atoms with E-state index in [1.54, 1.807) is 11.8 Å². The highest BCUT2D eigenvalue weighted by atomic mass is 32.2. The first-order chi connectivity index (χ1) is 6.02. The van der Waals surface area contributed by atoms with E-state index in [4.69, 9.17) is 5.11 Å². The van der Waals surface area contributed by atoms with E-state index in [0.717, 1.165) is 24.3 Å². The number of aliphatic carboxylic acids is 1. The van der Waals surface area contributed by atoms with Gasteiger partial charge in [0.25, 0.3) is 0 Å². The molecule has 13 heavy (non-hydrogen) atoms. The predicted octanol–water partition coefficient (Wildman–Crippen LogP) is 2.33. The maximum Gasteiger partial charge on any atom is 0.306 e. The summed E-state index contributed by atoms with van der Waals surface area (Å²) in [4.78, 5) is 10.4. The second-order valence-electron chi connectivity index (χ2n) is 3.76. The van der Waals surface area contributed by atoms with Gasteiger partial charge in [-0.25, -0.2) is 4.39 Å². The number of alkyl halides is 1. The van der Waals surface area contributed by atoms with Crippen LogP contribution < -0.4 is 0 Å². The van der Waals surface area contributed by atoms with Crippen molar-refractivity contribution in [2.45, 2.75) is 31.9 Å². The maximum absolute atomic E-state index is 13.8. The molecule has 2 unspecified atom stereocenters. The molecule has 1 rings (SSSR count). The van der Waals surface area contributed by atoms with Gasteiger partial charge in [-0.05, 0) is 31.3 Å². The highest BCUT2D eigenvalue weighted by molar-refractivity contribution is 7.99. The third kappa shape index (κ3) is 3.18. The molecule has 76 valence electrons. The van der Waals surface area contributed by atoms with E-state index in [1.165, 1.54) is 6.92 Å². The lowest BCUT2D eigenvalue weighted by molar-refractivity contribution is -0.140. The molecule has 1 aliphatic heterocycles. The fourth-order valence-electron chi connectivity index (χ4n) is 1.66. The average Bonchev–Trinajstić information content (AvgIpc) is 2.04. The zero-order valence-corrected chi connectivity index (χ0v) is 8.57. The quantitative estimate of drug-likeness (QED) is 0.770. The minimum absolute atomic E-state index is 0.0812. The second kappa shape index (κ2) is 4.31. The molecule has 1 fully saturated rings. The molecule has 2 nitrogen and oxygen atoms in total. The summed E-state index contributed by atoms with van der Waals surface area (Å²) in [7, 11) is 0. The van der Waals surface area contributed by atoms with Crippen molar-refractivity contribution in [3.63, 3.8) is 0 Å². The Kier molecular flexibility index (Phi) is 3.59. The minimum atomic E-state index is -1.53. The lowest BCUT2D eigenvalue weighted by atomic mass is 9.86. The van der Waals surface area contributed by atoms with Crippen molar-refractivity contribution in [1.82, 2.24) is 0 Å². The molecule has 0 saturated carbocycles. The van der Waals surface area contributed by atoms with E-state index >= 15 is 0 Å². The van der Waals surface area contributed by atoms with Crippen molar-refractivity contribution >= 4 is 17.7 Å². The molecule has 4 heteroatoms. The Hall–Kier alpha value is -0.250. The number of halogens is 1. The number of carboxylic acid groups (broad SMARTS) is 1. The number of carboxylic acids is 1. The monoisotopic (exact) mass is 206 g/mol. The third-order valence-electron chi connectivity index (χ3n) is 2.51. The van der Waals surface area contributed by atoms with E-state index in [-0.39, 0.29) is 12.3 Å². The Bertz CT molecular complexity index is 188. The van der Waals surface area contributed by atoms with E-state index < -0.39 is 11.6 Å². The van der Waals surface area contributed by atoms with Crippen LogP contribution in [0.3, 0.4) is 0 Å². The molecular weight excluding hydrogens is 191 g/mol. The van der Waals surface area contributed by atoms with E-state index in [0.29, 0.717) is 0 Å². The van der Waals surface area contributed by atoms with Gasteiger partial charge < -0.3 is 5.11 Å². The molecular formula is C9H15FO2S. The Morgan fingerprint density at radius 3 is 2.92 bits per heavy atom. The average molecular weight is 206 g/mol. The van der Waals surface area contributed by atoms with Crippen LogP contribution in [0, 0.1) is 5.92 Å². The van der Waals surface area contributed by atoms with Crippen molar-refractivity contribution in [2.75, 3.05) is 11.5 Å². The van der Waals surface area contributed by atoms with Gasteiger partial charge in [-0.15, -0.1) is 0 Å². The molecule has 1 saturated heterocycles. The van der Waals surface area contributed by atoms with Crippen molar-refractivity contribution in [1.29, 1.82) is 0 Å². The molecule has 1 N–H and O–H groups in total. The van der Waals surface area contributed by atoms with Gasteiger partial charge in [0.2, 0.25) is 0 Å². The Morgan fingerprint density at radius 2 is 2.46 bits per heavy atom. The summed E-state index contributed by atoms with van der Waals surface area (Å²) in [5.41, 5.74) is -1.53. The molecule has 0 amide bonds. The van der Waals surface area contributed by atoms with Crippen molar-refractivity contribution < 1.29 is 14.3 Å². The first-order valence-corrected chi connectivity index (χ1v) is 5.66. The van der Waals surface area contributed by atoms with Crippen molar-refractivity contribution in [2.24, 2.45) is 5.92 Å². The lowest BCUT2D eigenvalue weighted by Gasteiger charge is -2.31. The number of rotatable bonds is 3. The molecule has 0 bridgehead atoms. The summed E-state index contributed by atoms with van der Waals surface area (Å²) in [6.45, 7) is 1.41. The first kappa shape index (κ1) is 10.8. The minimum Gasteiger partial charge on any atom is -0.481 e. The van der Waals surface area contributed by atoms with Crippen LogP contribution >= 0.6 is 11.8 Å². The predicted molar refractivity (Wildman–Crippen MR) is 51.8 cm³/mol. The van der Waals surface area contributed by atoms with Gasteiger partial charge in [0.1, 0.15) is 5.67 Å². The number of hydrogen-bond acceptors (Lipinski definition) is 2. The molecule has 2 atom stereocenters. The largest absolute Gasteiger partial charge is 0.481 e. The molecule has 0 aromatic heterocycles. The second-order valence-corrected chi connectivity index (χ2v) is 4.91. The standard InChI is InChI=1S/C9H15FO2S/c1-9(10,5-8(11)12)7-3-2-4-13-6-7/h7H,2-6H2,1H3,(H,11,12). The van der Waals surface area contributed by atoms with Gasteiger partial charge in [0.05, 0.1) is 6.42 Å². The molecule has 0 spiro atoms. The molecule has 1 aliphatic rings. The number of thioether (sulfide) groups is 1. The summed E-state index contributed by atoms with van der Waals surface area (Å²) >= 11 is 1.72. The van der Waals surface area contributed by atoms with Crippen molar-refractivity contribution in [3.8, 4) is 0 Å². The van der Waals surface area contributed by atoms with Crippen LogP contribution in [0.4, 0.5) is 4.39 Å². The summed E-state index contributed by atoms with van der Waals surface area (Å²) in [6, 6.07) is 0. The van der Waals surface area contributed by atoms with Gasteiger partial charge in [-0.3, -0.25) is 4.79 Å². The topological polar surface area (TPSA) is 37.3 Å². The molecule has 0 aromatic carbocycles. The van der Waals surface area contributed by atoms with Gasteiger partial charge >= 0.3 is 5.97 Å². The van der Waals surface area contributed by atoms with Gasteiger partial charge in [0, 0.05) is 5.92 Å². The highest BCUT2D eigenvalue weighted by Gasteiger charge is 2.37. The summed E-state index contributed by atoms with van der Waals surface area (Å²) in [5.74, 6) is 0.725. The summed E-state index contributed by atoms with van der Waals surface area (Å²) in [5, 5.41) is 8.53. The lowest BCUT2D eigenvalue weighted by Crippen LogP contribution is -2.35. The fourth-order valence-corrected chi connectivity index (χ4v) is 2.99. The first-order valence-electron chi connectivity index (χ1n) is 4.51. The van der Waals surface area contributed by atoms with Gasteiger partial charge in [-0.2, -0.15) is 11.8 Å². The van der Waals surface area contributed by atoms with Crippen molar-refractivity contribution in [3.05, 3.63) is 0 Å². The Labute approximate surface area is 81.9 Å². The van der Waals surface area contributed by atoms with Crippen LogP contribution in [0.25, 0.3) is 0 Å². The Morgan fingerprint density at radius 1 is 1.77 bits per heavy atom. The van der Waals surface area contributed by atoms with Crippen LogP contribution in [-0.4, -0.2) is 28.3 Å². The maximum atomic E-state index is 13.8. The van der Waals surface area contributed by atoms with E-state index in [1.807, 2.05) is 0 Å². The molecule has 1 heterocycles. The zero-order valence-electron chi connectivity index (χ0n) is 7.75. The van der Waals surface area contributed by atoms with Crippen LogP contribution in [0.1, 0.15) is 26.2 Å². The van der Waals surface area contributed by atoms with Crippen LogP contribution in [0.15, 0.2) is 0 Å². The molecule has 0 aromatic rings. The zero-order chi connectivity index (χ0) is 9.90. The number of carbonyl (C=O) groups is 1. The van der Waals surface area contributed by atoms with Crippen LogP contribution in [0.5, 0.6) is 0 Å². The summed E-state index contributed by atoms with van der Waals surface area (Å²) in [6.07, 6.45) is 1.47. The Balaban J connectivity index is 2.50. The smallest absolute Gasteiger partial charge is 0.306 e.